The maximum absolute atomic E-state index is 12.6. The second-order valence-electron chi connectivity index (χ2n) is 8.98. The Labute approximate surface area is 178 Å². The monoisotopic (exact) mass is 411 g/mol. The molecule has 1 aromatic carbocycles. The molecule has 0 bridgehead atoms. The Morgan fingerprint density at radius 1 is 0.967 bits per heavy atom. The van der Waals surface area contributed by atoms with Crippen LogP contribution in [0.5, 0.6) is 0 Å². The topological polar surface area (TPSA) is 74.6 Å². The van der Waals surface area contributed by atoms with Crippen molar-refractivity contribution in [2.24, 2.45) is 0 Å². The SMILES string of the molecule is Cc1cc2occ(CC(=O)NC3CCN(C(=O)NC4CCCCC4)CC3)c2cc1C. The number of carbonyl (C=O) groups is 2. The van der Waals surface area contributed by atoms with Gasteiger partial charge in [0.15, 0.2) is 0 Å². The number of benzene rings is 1. The minimum atomic E-state index is 0.0148. The smallest absolute Gasteiger partial charge is 0.317 e. The highest BCUT2D eigenvalue weighted by molar-refractivity contribution is 5.88. The van der Waals surface area contributed by atoms with Crippen molar-refractivity contribution in [1.82, 2.24) is 15.5 Å². The molecule has 2 heterocycles. The van der Waals surface area contributed by atoms with E-state index in [0.29, 0.717) is 25.6 Å². The molecule has 1 aliphatic carbocycles. The van der Waals surface area contributed by atoms with Gasteiger partial charge in [0.05, 0.1) is 12.7 Å². The quantitative estimate of drug-likeness (QED) is 0.791. The van der Waals surface area contributed by atoms with Crippen LogP contribution < -0.4 is 10.6 Å². The van der Waals surface area contributed by atoms with Crippen LogP contribution in [0.3, 0.4) is 0 Å². The Bertz CT molecular complexity index is 906. The molecule has 6 heteroatoms. The molecule has 162 valence electrons. The molecule has 1 saturated carbocycles. The van der Waals surface area contributed by atoms with Crippen LogP contribution in [0.25, 0.3) is 11.0 Å². The van der Waals surface area contributed by atoms with Crippen molar-refractivity contribution in [2.75, 3.05) is 13.1 Å². The minimum Gasteiger partial charge on any atom is -0.464 e. The average molecular weight is 412 g/mol. The molecule has 0 radical (unpaired) electrons. The lowest BCUT2D eigenvalue weighted by Gasteiger charge is -2.34. The number of nitrogens with zero attached hydrogens (tertiary/aromatic N) is 1. The van der Waals surface area contributed by atoms with Crippen LogP contribution in [0, 0.1) is 13.8 Å². The molecule has 2 aliphatic rings. The van der Waals surface area contributed by atoms with Gasteiger partial charge in [0, 0.05) is 36.1 Å². The van der Waals surface area contributed by atoms with Gasteiger partial charge in [-0.15, -0.1) is 0 Å². The van der Waals surface area contributed by atoms with Crippen molar-refractivity contribution in [3.05, 3.63) is 35.1 Å². The second-order valence-corrected chi connectivity index (χ2v) is 8.98. The molecule has 2 aromatic rings. The second kappa shape index (κ2) is 9.11. The average Bonchev–Trinajstić information content (AvgIpc) is 3.11. The summed E-state index contributed by atoms with van der Waals surface area (Å²) >= 11 is 0. The van der Waals surface area contributed by atoms with E-state index in [1.807, 2.05) is 11.0 Å². The maximum Gasteiger partial charge on any atom is 0.317 e. The van der Waals surface area contributed by atoms with Crippen molar-refractivity contribution in [3.63, 3.8) is 0 Å². The lowest BCUT2D eigenvalue weighted by molar-refractivity contribution is -0.121. The number of furan rings is 1. The molecule has 1 aromatic heterocycles. The first-order valence-electron chi connectivity index (χ1n) is 11.3. The molecule has 4 rings (SSSR count). The number of urea groups is 1. The Hall–Kier alpha value is -2.50. The van der Waals surface area contributed by atoms with Crippen LogP contribution >= 0.6 is 0 Å². The predicted molar refractivity (Wildman–Crippen MR) is 118 cm³/mol. The van der Waals surface area contributed by atoms with Crippen molar-refractivity contribution in [2.45, 2.75) is 77.3 Å². The Morgan fingerprint density at radius 2 is 1.63 bits per heavy atom. The third-order valence-electron chi connectivity index (χ3n) is 6.70. The van der Waals surface area contributed by atoms with Crippen LogP contribution in [0.15, 0.2) is 22.8 Å². The molecule has 1 aliphatic heterocycles. The molecule has 1 saturated heterocycles. The number of likely N-dealkylation sites (tertiary alicyclic amines) is 1. The van der Waals surface area contributed by atoms with E-state index in [4.69, 9.17) is 4.42 Å². The number of hydrogen-bond donors (Lipinski definition) is 2. The fourth-order valence-electron chi connectivity index (χ4n) is 4.66. The predicted octanol–water partition coefficient (Wildman–Crippen LogP) is 4.22. The van der Waals surface area contributed by atoms with Gasteiger partial charge in [-0.3, -0.25) is 4.79 Å². The number of rotatable bonds is 4. The largest absolute Gasteiger partial charge is 0.464 e. The summed E-state index contributed by atoms with van der Waals surface area (Å²) < 4.78 is 5.65. The molecule has 2 fully saturated rings. The molecule has 0 spiro atoms. The summed E-state index contributed by atoms with van der Waals surface area (Å²) in [7, 11) is 0. The van der Waals surface area contributed by atoms with E-state index in [9.17, 15) is 9.59 Å². The summed E-state index contributed by atoms with van der Waals surface area (Å²) in [5.41, 5.74) is 4.14. The third-order valence-corrected chi connectivity index (χ3v) is 6.70. The molecule has 0 atom stereocenters. The first kappa shape index (κ1) is 20.8. The van der Waals surface area contributed by atoms with Crippen molar-refractivity contribution < 1.29 is 14.0 Å². The number of fused-ring (bicyclic) bond motifs is 1. The Balaban J connectivity index is 1.25. The normalized spacial score (nSPS) is 18.5. The van der Waals surface area contributed by atoms with Crippen LogP contribution in [-0.2, 0) is 11.2 Å². The van der Waals surface area contributed by atoms with E-state index in [-0.39, 0.29) is 18.0 Å². The fourth-order valence-corrected chi connectivity index (χ4v) is 4.66. The van der Waals surface area contributed by atoms with Gasteiger partial charge in [0.2, 0.25) is 5.91 Å². The van der Waals surface area contributed by atoms with Crippen LogP contribution in [0.2, 0.25) is 0 Å². The van der Waals surface area contributed by atoms with E-state index < -0.39 is 0 Å². The van der Waals surface area contributed by atoms with Gasteiger partial charge < -0.3 is 20.0 Å². The highest BCUT2D eigenvalue weighted by Crippen LogP contribution is 2.25. The summed E-state index contributed by atoms with van der Waals surface area (Å²) in [6.07, 6.45) is 9.52. The number of hydrogen-bond acceptors (Lipinski definition) is 3. The van der Waals surface area contributed by atoms with E-state index in [0.717, 1.165) is 42.2 Å². The zero-order chi connectivity index (χ0) is 21.1. The molecule has 0 unspecified atom stereocenters. The summed E-state index contributed by atoms with van der Waals surface area (Å²) in [5, 5.41) is 7.35. The molecular weight excluding hydrogens is 378 g/mol. The van der Waals surface area contributed by atoms with Crippen LogP contribution in [-0.4, -0.2) is 42.0 Å². The third kappa shape index (κ3) is 4.79. The van der Waals surface area contributed by atoms with E-state index in [2.05, 4.69) is 30.5 Å². The molecule has 30 heavy (non-hydrogen) atoms. The summed E-state index contributed by atoms with van der Waals surface area (Å²) in [6, 6.07) is 4.64. The van der Waals surface area contributed by atoms with Crippen molar-refractivity contribution in [1.29, 1.82) is 0 Å². The number of amides is 3. The molecule has 3 amide bonds. The van der Waals surface area contributed by atoms with Gasteiger partial charge >= 0.3 is 6.03 Å². The maximum atomic E-state index is 12.6. The first-order valence-corrected chi connectivity index (χ1v) is 11.3. The summed E-state index contributed by atoms with van der Waals surface area (Å²) in [4.78, 5) is 27.0. The molecule has 6 nitrogen and oxygen atoms in total. The highest BCUT2D eigenvalue weighted by atomic mass is 16.3. The standard InChI is InChI=1S/C24H33N3O3/c1-16-12-21-18(15-30-22(21)13-17(16)2)14-23(28)25-20-8-10-27(11-9-20)24(29)26-19-6-4-3-5-7-19/h12-13,15,19-20H,3-11,14H2,1-2H3,(H,25,28)(H,26,29). The zero-order valence-corrected chi connectivity index (χ0v) is 18.1. The number of aryl methyl sites for hydroxylation is 2. The van der Waals surface area contributed by atoms with Gasteiger partial charge in [-0.05, 0) is 62.8 Å². The fraction of sp³-hybridized carbons (Fsp3) is 0.583. The van der Waals surface area contributed by atoms with E-state index in [1.165, 1.54) is 30.4 Å². The van der Waals surface area contributed by atoms with E-state index >= 15 is 0 Å². The molecular formula is C24H33N3O3. The van der Waals surface area contributed by atoms with Crippen molar-refractivity contribution >= 4 is 22.9 Å². The van der Waals surface area contributed by atoms with Crippen LogP contribution in [0.1, 0.15) is 61.6 Å². The van der Waals surface area contributed by atoms with Gasteiger partial charge in [0.1, 0.15) is 5.58 Å². The number of piperidine rings is 1. The zero-order valence-electron chi connectivity index (χ0n) is 18.1. The first-order chi connectivity index (χ1) is 14.5. The van der Waals surface area contributed by atoms with Crippen LogP contribution in [0.4, 0.5) is 4.79 Å². The lowest BCUT2D eigenvalue weighted by atomic mass is 9.95. The van der Waals surface area contributed by atoms with Gasteiger partial charge in [-0.25, -0.2) is 4.79 Å². The highest BCUT2D eigenvalue weighted by Gasteiger charge is 2.26. The molecule has 2 N–H and O–H groups in total. The summed E-state index contributed by atoms with van der Waals surface area (Å²) in [5.74, 6) is 0.0148. The Morgan fingerprint density at radius 3 is 2.37 bits per heavy atom. The Kier molecular flexibility index (Phi) is 6.30. The van der Waals surface area contributed by atoms with E-state index in [1.54, 1.807) is 6.26 Å². The van der Waals surface area contributed by atoms with Gasteiger partial charge in [-0.1, -0.05) is 19.3 Å². The minimum absolute atomic E-state index is 0.0148. The van der Waals surface area contributed by atoms with Gasteiger partial charge in [0.25, 0.3) is 0 Å². The lowest BCUT2D eigenvalue weighted by Crippen LogP contribution is -2.51. The summed E-state index contributed by atoms with van der Waals surface area (Å²) in [6.45, 7) is 5.52. The number of nitrogens with one attached hydrogen (secondary N) is 2. The number of carbonyl (C=O) groups excluding carboxylic acids is 2. The van der Waals surface area contributed by atoms with Gasteiger partial charge in [-0.2, -0.15) is 0 Å². The van der Waals surface area contributed by atoms with Crippen molar-refractivity contribution in [3.8, 4) is 0 Å².